The van der Waals surface area contributed by atoms with Gasteiger partial charge >= 0.3 is 0 Å². The van der Waals surface area contributed by atoms with Crippen LogP contribution in [0.25, 0.3) is 22.7 Å². The number of carbonyl (C=O) groups is 1. The molecule has 0 aliphatic carbocycles. The van der Waals surface area contributed by atoms with Crippen LogP contribution in [0.2, 0.25) is 0 Å². The average molecular weight is 359 g/mol. The first-order valence-electron chi connectivity index (χ1n) is 8.57. The lowest BCUT2D eigenvalue weighted by Crippen LogP contribution is -2.07. The van der Waals surface area contributed by atoms with Crippen molar-refractivity contribution in [2.75, 3.05) is 5.32 Å². The molecule has 0 unspecified atom stereocenters. The second-order valence-electron chi connectivity index (χ2n) is 5.91. The molecule has 1 N–H and O–H groups in total. The topological polar surface area (TPSA) is 85.8 Å². The van der Waals surface area contributed by atoms with Gasteiger partial charge in [0.15, 0.2) is 0 Å². The van der Waals surface area contributed by atoms with Crippen LogP contribution in [0.15, 0.2) is 65.4 Å². The summed E-state index contributed by atoms with van der Waals surface area (Å²) in [4.78, 5) is 12.3. The van der Waals surface area contributed by atoms with Gasteiger partial charge in [-0.1, -0.05) is 25.1 Å². The van der Waals surface area contributed by atoms with E-state index < -0.39 is 0 Å². The zero-order chi connectivity index (χ0) is 18.6. The first kappa shape index (κ1) is 16.7. The lowest BCUT2D eigenvalue weighted by Gasteiger charge is -2.04. The summed E-state index contributed by atoms with van der Waals surface area (Å²) in [5.41, 5.74) is 3.27. The van der Waals surface area contributed by atoms with Gasteiger partial charge in [-0.3, -0.25) is 4.79 Å². The molecule has 0 radical (unpaired) electrons. The summed E-state index contributed by atoms with van der Waals surface area (Å²) in [6.45, 7) is 2.03. The molecule has 0 spiro atoms. The van der Waals surface area contributed by atoms with Crippen LogP contribution in [0.5, 0.6) is 0 Å². The number of aryl methyl sites for hydroxylation is 1. The number of para-hydroxylation sites is 1. The van der Waals surface area contributed by atoms with Crippen molar-refractivity contribution in [2.24, 2.45) is 0 Å². The Labute approximate surface area is 155 Å². The molecular formula is C20H17N5O2. The first-order chi connectivity index (χ1) is 13.2. The van der Waals surface area contributed by atoms with Crippen LogP contribution in [0.4, 0.5) is 5.69 Å². The molecular weight excluding hydrogens is 342 g/mol. The molecule has 0 aliphatic rings. The number of nitrogens with zero attached hydrogens (tertiary/aromatic N) is 4. The van der Waals surface area contributed by atoms with Crippen molar-refractivity contribution in [3.8, 4) is 5.69 Å². The summed E-state index contributed by atoms with van der Waals surface area (Å²) >= 11 is 0. The number of carbonyl (C=O) groups excluding carboxylic acids is 1. The van der Waals surface area contributed by atoms with Crippen LogP contribution >= 0.6 is 0 Å². The Hall–Kier alpha value is -3.74. The molecule has 0 aliphatic heterocycles. The van der Waals surface area contributed by atoms with E-state index in [0.717, 1.165) is 34.4 Å². The Bertz CT molecular complexity index is 1100. The number of furan rings is 1. The smallest absolute Gasteiger partial charge is 0.248 e. The summed E-state index contributed by atoms with van der Waals surface area (Å²) in [5.74, 6) is 0.656. The molecule has 0 atom stereocenters. The molecule has 7 nitrogen and oxygen atoms in total. The van der Waals surface area contributed by atoms with Gasteiger partial charge in [-0.2, -0.15) is 0 Å². The standard InChI is InChI=1S/C20H17N5O2/c1-2-18-17(16-5-3-4-6-19(16)27-18)11-12-20(26)22-14-7-9-15(10-8-14)25-13-21-23-24-25/h3-13H,2H2,1H3,(H,22,26). The maximum absolute atomic E-state index is 12.3. The second-order valence-corrected chi connectivity index (χ2v) is 5.91. The molecule has 7 heteroatoms. The van der Waals surface area contributed by atoms with Gasteiger partial charge in [0, 0.05) is 29.1 Å². The number of benzene rings is 2. The number of amides is 1. The van der Waals surface area contributed by atoms with E-state index in [4.69, 9.17) is 4.42 Å². The first-order valence-corrected chi connectivity index (χ1v) is 8.57. The van der Waals surface area contributed by atoms with E-state index in [1.54, 1.807) is 22.9 Å². The Morgan fingerprint density at radius 3 is 2.74 bits per heavy atom. The zero-order valence-corrected chi connectivity index (χ0v) is 14.7. The summed E-state index contributed by atoms with van der Waals surface area (Å²) in [5, 5.41) is 14.9. The van der Waals surface area contributed by atoms with Crippen LogP contribution in [0, 0.1) is 0 Å². The van der Waals surface area contributed by atoms with Crippen molar-refractivity contribution in [1.82, 2.24) is 20.2 Å². The van der Waals surface area contributed by atoms with Gasteiger partial charge in [-0.25, -0.2) is 4.68 Å². The minimum absolute atomic E-state index is 0.211. The van der Waals surface area contributed by atoms with E-state index in [2.05, 4.69) is 20.8 Å². The summed E-state index contributed by atoms with van der Waals surface area (Å²) in [6, 6.07) is 15.1. The number of rotatable bonds is 5. The average Bonchev–Trinajstić information content (AvgIpc) is 3.35. The molecule has 0 saturated carbocycles. The molecule has 4 rings (SSSR count). The van der Waals surface area contributed by atoms with Gasteiger partial charge < -0.3 is 9.73 Å². The van der Waals surface area contributed by atoms with Crippen LogP contribution in [0.3, 0.4) is 0 Å². The maximum atomic E-state index is 12.3. The molecule has 0 bridgehead atoms. The van der Waals surface area contributed by atoms with Crippen molar-refractivity contribution < 1.29 is 9.21 Å². The van der Waals surface area contributed by atoms with Crippen molar-refractivity contribution in [1.29, 1.82) is 0 Å². The minimum atomic E-state index is -0.211. The fourth-order valence-corrected chi connectivity index (χ4v) is 2.88. The quantitative estimate of drug-likeness (QED) is 0.550. The van der Waals surface area contributed by atoms with Crippen LogP contribution in [-0.4, -0.2) is 26.1 Å². The number of fused-ring (bicyclic) bond motifs is 1. The highest BCUT2D eigenvalue weighted by molar-refractivity contribution is 6.03. The SMILES string of the molecule is CCc1oc2ccccc2c1C=CC(=O)Nc1ccc(-n2cnnn2)cc1. The third kappa shape index (κ3) is 3.48. The lowest BCUT2D eigenvalue weighted by molar-refractivity contribution is -0.111. The fraction of sp³-hybridized carbons (Fsp3) is 0.100. The van der Waals surface area contributed by atoms with Crippen LogP contribution < -0.4 is 5.32 Å². The number of hydrogen-bond acceptors (Lipinski definition) is 5. The number of aromatic nitrogens is 4. The molecule has 2 aromatic carbocycles. The third-order valence-electron chi connectivity index (χ3n) is 4.18. The lowest BCUT2D eigenvalue weighted by atomic mass is 10.1. The predicted molar refractivity (Wildman–Crippen MR) is 102 cm³/mol. The third-order valence-corrected chi connectivity index (χ3v) is 4.18. The predicted octanol–water partition coefficient (Wildman–Crippen LogP) is 3.62. The Kier molecular flexibility index (Phi) is 4.49. The molecule has 27 heavy (non-hydrogen) atoms. The van der Waals surface area contributed by atoms with Crippen molar-refractivity contribution in [3.05, 3.63) is 72.3 Å². The van der Waals surface area contributed by atoms with E-state index in [9.17, 15) is 4.79 Å². The van der Waals surface area contributed by atoms with Crippen molar-refractivity contribution in [3.63, 3.8) is 0 Å². The fourth-order valence-electron chi connectivity index (χ4n) is 2.88. The summed E-state index contributed by atoms with van der Waals surface area (Å²) in [7, 11) is 0. The van der Waals surface area contributed by atoms with E-state index >= 15 is 0 Å². The molecule has 0 saturated heterocycles. The summed E-state index contributed by atoms with van der Waals surface area (Å²) in [6.07, 6.45) is 5.59. The highest BCUT2D eigenvalue weighted by Crippen LogP contribution is 2.27. The largest absolute Gasteiger partial charge is 0.460 e. The second kappa shape index (κ2) is 7.25. The van der Waals surface area contributed by atoms with Crippen LogP contribution in [0.1, 0.15) is 18.2 Å². The van der Waals surface area contributed by atoms with Crippen molar-refractivity contribution in [2.45, 2.75) is 13.3 Å². The van der Waals surface area contributed by atoms with Gasteiger partial charge in [0.2, 0.25) is 5.91 Å². The highest BCUT2D eigenvalue weighted by atomic mass is 16.3. The van der Waals surface area contributed by atoms with Gasteiger partial charge in [-0.15, -0.1) is 5.10 Å². The number of hydrogen-bond donors (Lipinski definition) is 1. The van der Waals surface area contributed by atoms with E-state index in [1.165, 1.54) is 12.4 Å². The van der Waals surface area contributed by atoms with Gasteiger partial charge in [-0.05, 0) is 46.8 Å². The molecule has 4 aromatic rings. The minimum Gasteiger partial charge on any atom is -0.460 e. The molecule has 1 amide bonds. The Balaban J connectivity index is 1.50. The van der Waals surface area contributed by atoms with E-state index in [-0.39, 0.29) is 5.91 Å². The normalized spacial score (nSPS) is 11.3. The van der Waals surface area contributed by atoms with Gasteiger partial charge in [0.25, 0.3) is 0 Å². The van der Waals surface area contributed by atoms with E-state index in [0.29, 0.717) is 5.69 Å². The molecule has 134 valence electrons. The number of anilines is 1. The highest BCUT2D eigenvalue weighted by Gasteiger charge is 2.10. The number of nitrogens with one attached hydrogen (secondary N) is 1. The van der Waals surface area contributed by atoms with Crippen molar-refractivity contribution >= 4 is 28.6 Å². The Morgan fingerprint density at radius 1 is 1.19 bits per heavy atom. The van der Waals surface area contributed by atoms with Crippen LogP contribution in [-0.2, 0) is 11.2 Å². The monoisotopic (exact) mass is 359 g/mol. The van der Waals surface area contributed by atoms with Gasteiger partial charge in [0.05, 0.1) is 5.69 Å². The molecule has 2 aromatic heterocycles. The maximum Gasteiger partial charge on any atom is 0.248 e. The zero-order valence-electron chi connectivity index (χ0n) is 14.7. The summed E-state index contributed by atoms with van der Waals surface area (Å²) < 4.78 is 7.39. The molecule has 2 heterocycles. The number of tetrazole rings is 1. The Morgan fingerprint density at radius 2 is 2.00 bits per heavy atom. The van der Waals surface area contributed by atoms with E-state index in [1.807, 2.05) is 43.3 Å². The van der Waals surface area contributed by atoms with Gasteiger partial charge in [0.1, 0.15) is 17.7 Å². The molecule has 0 fully saturated rings.